The quantitative estimate of drug-likeness (QED) is 0.207. The number of carbonyl (C=O) groups is 1. The van der Waals surface area contributed by atoms with Crippen LogP contribution in [0.25, 0.3) is 20.5 Å². The van der Waals surface area contributed by atoms with Crippen LogP contribution in [0, 0.1) is 5.82 Å². The molecule has 1 aromatic heterocycles. The number of methoxy groups -OCH3 is 2. The average molecular weight is 499 g/mol. The van der Waals surface area contributed by atoms with Gasteiger partial charge in [-0.1, -0.05) is 12.1 Å². The number of hydrogen-bond donors (Lipinski definition) is 0. The first-order valence-corrected chi connectivity index (χ1v) is 12.1. The molecule has 0 saturated heterocycles. The molecule has 0 radical (unpaired) electrons. The summed E-state index contributed by atoms with van der Waals surface area (Å²) >= 11 is 1.56. The Morgan fingerprint density at radius 1 is 0.778 bits per heavy atom. The lowest BCUT2D eigenvalue weighted by molar-refractivity contribution is 0.104. The van der Waals surface area contributed by atoms with Crippen LogP contribution in [0.5, 0.6) is 17.2 Å². The predicted octanol–water partition coefficient (Wildman–Crippen LogP) is 7.53. The third kappa shape index (κ3) is 4.81. The number of fused-ring (bicyclic) bond motifs is 1. The third-order valence-corrected chi connectivity index (χ3v) is 7.11. The van der Waals surface area contributed by atoms with Gasteiger partial charge in [-0.15, -0.1) is 11.3 Å². The summed E-state index contributed by atoms with van der Waals surface area (Å²) in [7, 11) is 3.26. The van der Waals surface area contributed by atoms with E-state index < -0.39 is 0 Å². The largest absolute Gasteiger partial charge is 0.497 e. The highest BCUT2D eigenvalue weighted by Crippen LogP contribution is 2.41. The molecule has 0 aliphatic carbocycles. The summed E-state index contributed by atoms with van der Waals surface area (Å²) in [6, 6.07) is 26.7. The van der Waals surface area contributed by atoms with E-state index in [9.17, 15) is 9.18 Å². The molecule has 0 aliphatic rings. The molecule has 0 unspecified atom stereocenters. The zero-order valence-corrected chi connectivity index (χ0v) is 20.6. The van der Waals surface area contributed by atoms with E-state index in [0.29, 0.717) is 23.5 Å². The van der Waals surface area contributed by atoms with Crippen molar-refractivity contribution in [3.8, 4) is 27.7 Å². The molecular weight excluding hydrogens is 475 g/mol. The van der Waals surface area contributed by atoms with Gasteiger partial charge in [-0.05, 0) is 90.0 Å². The normalized spacial score (nSPS) is 10.9. The Morgan fingerprint density at radius 3 is 2.08 bits per heavy atom. The van der Waals surface area contributed by atoms with Crippen molar-refractivity contribution in [2.75, 3.05) is 14.2 Å². The molecule has 0 spiro atoms. The molecule has 6 heteroatoms. The van der Waals surface area contributed by atoms with Crippen molar-refractivity contribution >= 4 is 27.2 Å². The van der Waals surface area contributed by atoms with Crippen LogP contribution >= 0.6 is 11.3 Å². The molecule has 5 rings (SSSR count). The van der Waals surface area contributed by atoms with Gasteiger partial charge in [0.1, 0.15) is 29.7 Å². The van der Waals surface area contributed by atoms with Gasteiger partial charge in [-0.25, -0.2) is 4.39 Å². The molecule has 0 N–H and O–H groups in total. The average Bonchev–Trinajstić information content (AvgIpc) is 3.31. The fraction of sp³-hybridized carbons (Fsp3) is 0.100. The summed E-state index contributed by atoms with van der Waals surface area (Å²) in [6.45, 7) is 0.312. The zero-order valence-electron chi connectivity index (χ0n) is 19.8. The lowest BCUT2D eigenvalue weighted by Gasteiger charge is -2.09. The number of hydrogen-bond acceptors (Lipinski definition) is 5. The number of carbonyl (C=O) groups excluding carboxylic acids is 1. The van der Waals surface area contributed by atoms with Gasteiger partial charge < -0.3 is 14.2 Å². The van der Waals surface area contributed by atoms with Crippen molar-refractivity contribution in [2.45, 2.75) is 6.61 Å². The summed E-state index contributed by atoms with van der Waals surface area (Å²) < 4.78 is 30.6. The van der Waals surface area contributed by atoms with Crippen molar-refractivity contribution in [3.63, 3.8) is 0 Å². The Labute approximate surface area is 212 Å². The molecule has 0 amide bonds. The molecule has 1 heterocycles. The van der Waals surface area contributed by atoms with Crippen molar-refractivity contribution in [2.24, 2.45) is 0 Å². The van der Waals surface area contributed by atoms with Crippen LogP contribution in [-0.4, -0.2) is 20.0 Å². The number of halogens is 1. The molecule has 0 atom stereocenters. The molecule has 5 aromatic rings. The molecule has 4 nitrogen and oxygen atoms in total. The predicted molar refractivity (Wildman–Crippen MR) is 141 cm³/mol. The maximum atomic E-state index is 13.8. The van der Waals surface area contributed by atoms with Crippen molar-refractivity contribution in [1.29, 1.82) is 0 Å². The van der Waals surface area contributed by atoms with Gasteiger partial charge in [0.05, 0.1) is 14.2 Å². The first kappa shape index (κ1) is 23.6. The van der Waals surface area contributed by atoms with Crippen molar-refractivity contribution in [3.05, 3.63) is 114 Å². The lowest BCUT2D eigenvalue weighted by Crippen LogP contribution is -2.03. The Balaban J connectivity index is 1.47. The fourth-order valence-corrected chi connectivity index (χ4v) is 5.20. The molecule has 0 saturated carbocycles. The molecule has 0 aliphatic heterocycles. The van der Waals surface area contributed by atoms with Gasteiger partial charge in [0.2, 0.25) is 0 Å². The smallest absolute Gasteiger partial charge is 0.195 e. The Kier molecular flexibility index (Phi) is 6.69. The Morgan fingerprint density at radius 2 is 1.42 bits per heavy atom. The van der Waals surface area contributed by atoms with Gasteiger partial charge in [0.15, 0.2) is 5.78 Å². The van der Waals surface area contributed by atoms with Crippen LogP contribution in [-0.2, 0) is 6.61 Å². The second-order valence-corrected chi connectivity index (χ2v) is 9.22. The zero-order chi connectivity index (χ0) is 25.1. The van der Waals surface area contributed by atoms with E-state index >= 15 is 0 Å². The second-order valence-electron chi connectivity index (χ2n) is 8.17. The minimum atomic E-state index is -0.282. The van der Waals surface area contributed by atoms with Gasteiger partial charge in [-0.3, -0.25) is 4.79 Å². The van der Waals surface area contributed by atoms with E-state index in [2.05, 4.69) is 0 Å². The van der Waals surface area contributed by atoms with Crippen LogP contribution in [0.4, 0.5) is 4.39 Å². The highest BCUT2D eigenvalue weighted by atomic mass is 32.1. The summed E-state index contributed by atoms with van der Waals surface area (Å²) in [6.07, 6.45) is 0. The maximum Gasteiger partial charge on any atom is 0.195 e. The number of ketones is 1. The standard InChI is InChI=1S/C30H23FO4S/c1-33-23-11-7-21(8-12-23)30-28(26-16-15-25(34-2)17-27(26)36-30)29(32)20-5-13-24(14-6-20)35-18-19-3-9-22(31)10-4-19/h3-17H,18H2,1-2H3. The monoisotopic (exact) mass is 498 g/mol. The van der Waals surface area contributed by atoms with Gasteiger partial charge >= 0.3 is 0 Å². The fourth-order valence-electron chi connectivity index (χ4n) is 3.97. The van der Waals surface area contributed by atoms with E-state index in [1.165, 1.54) is 12.1 Å². The van der Waals surface area contributed by atoms with Crippen molar-refractivity contribution < 1.29 is 23.4 Å². The Bertz CT molecular complexity index is 1500. The first-order chi connectivity index (χ1) is 17.6. The molecule has 0 fully saturated rings. The topological polar surface area (TPSA) is 44.8 Å². The number of benzene rings is 4. The second kappa shape index (κ2) is 10.2. The Hall–Kier alpha value is -4.16. The molecule has 180 valence electrons. The van der Waals surface area contributed by atoms with Gasteiger partial charge in [0, 0.05) is 26.1 Å². The molecule has 0 bridgehead atoms. The van der Waals surface area contributed by atoms with E-state index in [1.807, 2.05) is 42.5 Å². The minimum absolute atomic E-state index is 0.0673. The van der Waals surface area contributed by atoms with E-state index in [4.69, 9.17) is 14.2 Å². The SMILES string of the molecule is COc1ccc(-c2sc3cc(OC)ccc3c2C(=O)c2ccc(OCc3ccc(F)cc3)cc2)cc1. The van der Waals surface area contributed by atoms with Crippen LogP contribution < -0.4 is 14.2 Å². The molecule has 4 aromatic carbocycles. The third-order valence-electron chi connectivity index (χ3n) is 5.91. The van der Waals surface area contributed by atoms with Gasteiger partial charge in [-0.2, -0.15) is 0 Å². The van der Waals surface area contributed by atoms with Crippen LogP contribution in [0.1, 0.15) is 21.5 Å². The summed E-state index contributed by atoms with van der Waals surface area (Å²) in [5.74, 6) is 1.78. The van der Waals surface area contributed by atoms with Crippen LogP contribution in [0.15, 0.2) is 91.0 Å². The maximum absolute atomic E-state index is 13.8. The lowest BCUT2D eigenvalue weighted by atomic mass is 9.97. The highest BCUT2D eigenvalue weighted by Gasteiger charge is 2.22. The van der Waals surface area contributed by atoms with Crippen LogP contribution in [0.3, 0.4) is 0 Å². The molecular formula is C30H23FO4S. The first-order valence-electron chi connectivity index (χ1n) is 11.3. The number of ether oxygens (including phenoxy) is 3. The van der Waals surface area contributed by atoms with Crippen LogP contribution in [0.2, 0.25) is 0 Å². The summed E-state index contributed by atoms with van der Waals surface area (Å²) in [5, 5.41) is 0.883. The molecule has 36 heavy (non-hydrogen) atoms. The van der Waals surface area contributed by atoms with Gasteiger partial charge in [0.25, 0.3) is 0 Å². The van der Waals surface area contributed by atoms with Crippen molar-refractivity contribution in [1.82, 2.24) is 0 Å². The van der Waals surface area contributed by atoms with E-state index in [0.717, 1.165) is 37.6 Å². The number of rotatable bonds is 8. The summed E-state index contributed by atoms with van der Waals surface area (Å²) in [4.78, 5) is 14.7. The highest BCUT2D eigenvalue weighted by molar-refractivity contribution is 7.22. The minimum Gasteiger partial charge on any atom is -0.497 e. The van der Waals surface area contributed by atoms with E-state index in [1.54, 1.807) is 62.0 Å². The summed E-state index contributed by atoms with van der Waals surface area (Å²) in [5.41, 5.74) is 3.02. The number of thiophene rings is 1. The van der Waals surface area contributed by atoms with E-state index in [-0.39, 0.29) is 11.6 Å².